The third kappa shape index (κ3) is 1.79. The van der Waals surface area contributed by atoms with Crippen LogP contribution in [-0.2, 0) is 13.1 Å². The number of carbonyl (C=O) groups excluding carboxylic acids is 1. The summed E-state index contributed by atoms with van der Waals surface area (Å²) in [6, 6.07) is 5.83. The highest BCUT2D eigenvalue weighted by atomic mass is 16.1. The van der Waals surface area contributed by atoms with E-state index in [9.17, 15) is 4.79 Å². The molecule has 18 heavy (non-hydrogen) atoms. The number of aryl methyl sites for hydroxylation is 1. The Kier molecular flexibility index (Phi) is 2.63. The fourth-order valence-corrected chi connectivity index (χ4v) is 2.49. The van der Waals surface area contributed by atoms with Crippen LogP contribution in [0.4, 0.5) is 5.69 Å². The van der Waals surface area contributed by atoms with Gasteiger partial charge >= 0.3 is 0 Å². The molecular formula is C14H15N3O. The molecule has 1 aromatic heterocycles. The molecule has 0 spiro atoms. The third-order valence-corrected chi connectivity index (χ3v) is 3.44. The van der Waals surface area contributed by atoms with Crippen molar-refractivity contribution in [1.82, 2.24) is 9.55 Å². The minimum atomic E-state index is 0.731. The first-order valence-electron chi connectivity index (χ1n) is 6.09. The van der Waals surface area contributed by atoms with E-state index in [0.29, 0.717) is 0 Å². The van der Waals surface area contributed by atoms with Crippen LogP contribution in [0.1, 0.15) is 21.7 Å². The second-order valence-corrected chi connectivity index (χ2v) is 4.62. The van der Waals surface area contributed by atoms with E-state index in [2.05, 4.69) is 14.5 Å². The molecule has 0 saturated carbocycles. The predicted octanol–water partition coefficient (Wildman–Crippen LogP) is 2.02. The molecule has 92 valence electrons. The third-order valence-electron chi connectivity index (χ3n) is 3.44. The molecule has 0 amide bonds. The van der Waals surface area contributed by atoms with Gasteiger partial charge in [-0.2, -0.15) is 0 Å². The molecule has 3 rings (SSSR count). The second kappa shape index (κ2) is 4.29. The Morgan fingerprint density at radius 3 is 3.00 bits per heavy atom. The van der Waals surface area contributed by atoms with Crippen molar-refractivity contribution in [2.45, 2.75) is 20.0 Å². The van der Waals surface area contributed by atoms with Crippen molar-refractivity contribution in [2.75, 3.05) is 11.4 Å². The zero-order chi connectivity index (χ0) is 12.5. The number of nitrogens with zero attached hydrogens (tertiary/aromatic N) is 3. The lowest BCUT2D eigenvalue weighted by Crippen LogP contribution is -2.34. The van der Waals surface area contributed by atoms with Crippen LogP contribution in [0.25, 0.3) is 0 Å². The zero-order valence-corrected chi connectivity index (χ0v) is 10.3. The average Bonchev–Trinajstić information content (AvgIpc) is 2.85. The molecule has 0 unspecified atom stereocenters. The van der Waals surface area contributed by atoms with E-state index in [-0.39, 0.29) is 0 Å². The number of benzene rings is 1. The minimum absolute atomic E-state index is 0.731. The van der Waals surface area contributed by atoms with Gasteiger partial charge in [0.2, 0.25) is 0 Å². The Labute approximate surface area is 106 Å². The maximum atomic E-state index is 10.7. The molecule has 0 aliphatic carbocycles. The summed E-state index contributed by atoms with van der Waals surface area (Å²) in [7, 11) is 0. The Bertz CT molecular complexity index is 588. The van der Waals surface area contributed by atoms with Crippen LogP contribution in [0, 0.1) is 6.92 Å². The number of hydrogen-bond acceptors (Lipinski definition) is 3. The van der Waals surface area contributed by atoms with Crippen LogP contribution in [0.5, 0.6) is 0 Å². The number of aromatic nitrogens is 2. The number of anilines is 1. The van der Waals surface area contributed by atoms with E-state index in [1.165, 1.54) is 5.69 Å². The summed E-state index contributed by atoms with van der Waals surface area (Å²) in [6.45, 7) is 4.81. The highest BCUT2D eigenvalue weighted by molar-refractivity contribution is 5.77. The molecular weight excluding hydrogens is 226 g/mol. The number of rotatable bonds is 2. The minimum Gasteiger partial charge on any atom is -0.362 e. The topological polar surface area (TPSA) is 38.1 Å². The van der Waals surface area contributed by atoms with Crippen molar-refractivity contribution in [1.29, 1.82) is 0 Å². The molecule has 0 atom stereocenters. The molecule has 1 aliphatic heterocycles. The van der Waals surface area contributed by atoms with Crippen LogP contribution in [0.3, 0.4) is 0 Å². The smallest absolute Gasteiger partial charge is 0.150 e. The molecule has 0 bridgehead atoms. The summed E-state index contributed by atoms with van der Waals surface area (Å²) < 4.78 is 2.19. The zero-order valence-electron chi connectivity index (χ0n) is 10.3. The number of hydrogen-bond donors (Lipinski definition) is 0. The molecule has 4 heteroatoms. The maximum Gasteiger partial charge on any atom is 0.150 e. The lowest BCUT2D eigenvalue weighted by molar-refractivity contribution is 0.112. The van der Waals surface area contributed by atoms with E-state index >= 15 is 0 Å². The van der Waals surface area contributed by atoms with E-state index in [1.807, 2.05) is 37.5 Å². The fourth-order valence-electron chi connectivity index (χ4n) is 2.49. The first kappa shape index (κ1) is 11.0. The van der Waals surface area contributed by atoms with E-state index in [1.54, 1.807) is 0 Å². The maximum absolute atomic E-state index is 10.7. The average molecular weight is 241 g/mol. The van der Waals surface area contributed by atoms with Gasteiger partial charge in [0.15, 0.2) is 0 Å². The van der Waals surface area contributed by atoms with Crippen molar-refractivity contribution in [3.63, 3.8) is 0 Å². The molecule has 0 saturated heterocycles. The number of aldehydes is 1. The SMILES string of the molecule is Cc1cc(C=O)ccc1N1CCn2ccnc2C1. The van der Waals surface area contributed by atoms with Gasteiger partial charge < -0.3 is 9.47 Å². The number of imidazole rings is 1. The van der Waals surface area contributed by atoms with Gasteiger partial charge in [0.1, 0.15) is 12.1 Å². The second-order valence-electron chi connectivity index (χ2n) is 4.62. The molecule has 0 N–H and O–H groups in total. The molecule has 0 fully saturated rings. The standard InChI is InChI=1S/C14H15N3O/c1-11-8-12(10-18)2-3-13(11)17-7-6-16-5-4-15-14(16)9-17/h2-5,8,10H,6-7,9H2,1H3. The Hall–Kier alpha value is -2.10. The lowest BCUT2D eigenvalue weighted by Gasteiger charge is -2.30. The van der Waals surface area contributed by atoms with E-state index < -0.39 is 0 Å². The van der Waals surface area contributed by atoms with Crippen molar-refractivity contribution < 1.29 is 4.79 Å². The molecule has 2 heterocycles. The van der Waals surface area contributed by atoms with Crippen molar-refractivity contribution >= 4 is 12.0 Å². The highest BCUT2D eigenvalue weighted by Crippen LogP contribution is 2.24. The van der Waals surface area contributed by atoms with Gasteiger partial charge in [0.05, 0.1) is 6.54 Å². The molecule has 1 aromatic carbocycles. The first-order chi connectivity index (χ1) is 8.78. The van der Waals surface area contributed by atoms with Crippen LogP contribution >= 0.6 is 0 Å². The van der Waals surface area contributed by atoms with Gasteiger partial charge in [0, 0.05) is 36.7 Å². The Morgan fingerprint density at radius 1 is 1.33 bits per heavy atom. The Balaban J connectivity index is 1.90. The molecule has 2 aromatic rings. The van der Waals surface area contributed by atoms with Crippen molar-refractivity contribution in [3.8, 4) is 0 Å². The first-order valence-corrected chi connectivity index (χ1v) is 6.09. The van der Waals surface area contributed by atoms with Gasteiger partial charge in [-0.05, 0) is 30.7 Å². The summed E-state index contributed by atoms with van der Waals surface area (Å²) in [5.41, 5.74) is 3.06. The van der Waals surface area contributed by atoms with Crippen molar-refractivity contribution in [3.05, 3.63) is 47.5 Å². The van der Waals surface area contributed by atoms with E-state index in [0.717, 1.165) is 42.9 Å². The van der Waals surface area contributed by atoms with Crippen LogP contribution in [0.15, 0.2) is 30.6 Å². The highest BCUT2D eigenvalue weighted by Gasteiger charge is 2.18. The molecule has 1 aliphatic rings. The lowest BCUT2D eigenvalue weighted by atomic mass is 10.1. The van der Waals surface area contributed by atoms with Gasteiger partial charge in [-0.25, -0.2) is 4.98 Å². The summed E-state index contributed by atoms with van der Waals surface area (Å²) in [4.78, 5) is 17.4. The van der Waals surface area contributed by atoms with Gasteiger partial charge in [0.25, 0.3) is 0 Å². The van der Waals surface area contributed by atoms with E-state index in [4.69, 9.17) is 0 Å². The van der Waals surface area contributed by atoms with Gasteiger partial charge in [-0.15, -0.1) is 0 Å². The predicted molar refractivity (Wildman–Crippen MR) is 69.8 cm³/mol. The number of fused-ring (bicyclic) bond motifs is 1. The Morgan fingerprint density at radius 2 is 2.22 bits per heavy atom. The summed E-state index contributed by atoms with van der Waals surface area (Å²) >= 11 is 0. The van der Waals surface area contributed by atoms with Gasteiger partial charge in [-0.1, -0.05) is 0 Å². The summed E-state index contributed by atoms with van der Waals surface area (Å²) in [5, 5.41) is 0. The molecule has 0 radical (unpaired) electrons. The summed E-state index contributed by atoms with van der Waals surface area (Å²) in [5.74, 6) is 1.10. The summed E-state index contributed by atoms with van der Waals surface area (Å²) in [6.07, 6.45) is 4.76. The van der Waals surface area contributed by atoms with Crippen molar-refractivity contribution in [2.24, 2.45) is 0 Å². The number of carbonyl (C=O) groups is 1. The monoisotopic (exact) mass is 241 g/mol. The normalized spacial score (nSPS) is 14.4. The van der Waals surface area contributed by atoms with Crippen LogP contribution in [0.2, 0.25) is 0 Å². The van der Waals surface area contributed by atoms with Gasteiger partial charge in [-0.3, -0.25) is 4.79 Å². The van der Waals surface area contributed by atoms with Crippen LogP contribution in [-0.4, -0.2) is 22.4 Å². The van der Waals surface area contributed by atoms with Crippen LogP contribution < -0.4 is 4.90 Å². The quantitative estimate of drug-likeness (QED) is 0.755. The largest absolute Gasteiger partial charge is 0.362 e. The molecule has 4 nitrogen and oxygen atoms in total. The fraction of sp³-hybridized carbons (Fsp3) is 0.286.